The molecule has 86 heavy (non-hydrogen) atoms. The molecule has 4 heterocycles. The number of hydrogen-bond acceptors (Lipinski definition) is 25. The molecule has 26 nitrogen and oxygen atoms in total. The fourth-order valence-electron chi connectivity index (χ4n) is 17.5. The number of carboxylic acid groups (broad SMARTS) is 1. The van der Waals surface area contributed by atoms with Crippen LogP contribution in [0.15, 0.2) is 23.8 Å². The quantitative estimate of drug-likeness (QED) is 0.0357. The number of esters is 1. The zero-order valence-corrected chi connectivity index (χ0v) is 50.5. The van der Waals surface area contributed by atoms with Crippen LogP contribution in [0.25, 0.3) is 0 Å². The number of aliphatic hydroxyl groups excluding tert-OH is 14. The van der Waals surface area contributed by atoms with Gasteiger partial charge in [0.05, 0.1) is 49.7 Å². The third-order valence-corrected chi connectivity index (χ3v) is 22.6. The van der Waals surface area contributed by atoms with Crippen molar-refractivity contribution in [3.8, 4) is 0 Å². The van der Waals surface area contributed by atoms with Gasteiger partial charge >= 0.3 is 11.9 Å². The maximum Gasteiger partial charge on any atom is 0.335 e. The summed E-state index contributed by atoms with van der Waals surface area (Å²) < 4.78 is 55.3. The van der Waals surface area contributed by atoms with Gasteiger partial charge in [-0.05, 0) is 97.7 Å². The number of aliphatic hydroxyl groups is 14. The number of carboxylic acids is 1. The minimum Gasteiger partial charge on any atom is -0.479 e. The Morgan fingerprint density at radius 1 is 0.616 bits per heavy atom. The molecule has 15 N–H and O–H groups in total. The minimum absolute atomic E-state index is 0.128. The number of ether oxygens (including phenoxy) is 9. The molecule has 0 aromatic carbocycles. The van der Waals surface area contributed by atoms with Crippen LogP contribution < -0.4 is 0 Å². The van der Waals surface area contributed by atoms with Crippen LogP contribution in [0, 0.1) is 50.2 Å². The normalized spacial score (nSPS) is 51.8. The van der Waals surface area contributed by atoms with E-state index in [9.17, 15) is 86.2 Å². The molecule has 4 aliphatic heterocycles. The van der Waals surface area contributed by atoms with Crippen LogP contribution in [0.3, 0.4) is 0 Å². The maximum absolute atomic E-state index is 13.4. The topological polar surface area (TPSA) is 421 Å². The highest BCUT2D eigenvalue weighted by molar-refractivity contribution is 5.82. The van der Waals surface area contributed by atoms with Gasteiger partial charge < -0.3 is 119 Å². The number of fused-ring (bicyclic) bond motifs is 7. The predicted molar refractivity (Wildman–Crippen MR) is 294 cm³/mol. The number of carbonyl (C=O) groups excluding carboxylic acids is 1. The fourth-order valence-corrected chi connectivity index (χ4v) is 17.5. The van der Waals surface area contributed by atoms with Gasteiger partial charge in [-0.1, -0.05) is 79.5 Å². The third-order valence-electron chi connectivity index (χ3n) is 22.6. The van der Waals surface area contributed by atoms with Crippen molar-refractivity contribution in [2.45, 2.75) is 267 Å². The van der Waals surface area contributed by atoms with Crippen LogP contribution in [0.5, 0.6) is 0 Å². The lowest BCUT2D eigenvalue weighted by Crippen LogP contribution is -2.74. The molecule has 8 fully saturated rings. The highest BCUT2D eigenvalue weighted by Crippen LogP contribution is 2.76. The van der Waals surface area contributed by atoms with Crippen LogP contribution in [0.4, 0.5) is 0 Å². The molecule has 5 aliphatic carbocycles. The van der Waals surface area contributed by atoms with Gasteiger partial charge in [0.25, 0.3) is 0 Å². The zero-order valence-electron chi connectivity index (χ0n) is 50.5. The molecule has 4 saturated carbocycles. The van der Waals surface area contributed by atoms with Gasteiger partial charge in [-0.3, -0.25) is 0 Å². The van der Waals surface area contributed by atoms with Crippen LogP contribution in [0.2, 0.25) is 0 Å². The summed E-state index contributed by atoms with van der Waals surface area (Å²) in [6, 6.07) is 0. The molecular weight excluding hydrogens is 1140 g/mol. The van der Waals surface area contributed by atoms with Crippen LogP contribution >= 0.6 is 0 Å². The molecule has 9 rings (SSSR count). The van der Waals surface area contributed by atoms with Gasteiger partial charge in [0.15, 0.2) is 31.3 Å². The Morgan fingerprint density at radius 3 is 1.81 bits per heavy atom. The maximum atomic E-state index is 13.4. The van der Waals surface area contributed by atoms with Crippen molar-refractivity contribution in [2.75, 3.05) is 19.8 Å². The number of allylic oxidation sites excluding steroid dienone is 2. The second kappa shape index (κ2) is 25.2. The highest BCUT2D eigenvalue weighted by atomic mass is 16.8. The Bertz CT molecular complexity index is 2440. The third kappa shape index (κ3) is 11.2. The van der Waals surface area contributed by atoms with E-state index in [4.69, 9.17) is 42.6 Å². The molecule has 4 saturated heterocycles. The van der Waals surface area contributed by atoms with E-state index in [-0.39, 0.29) is 18.3 Å². The van der Waals surface area contributed by atoms with Gasteiger partial charge in [-0.25, -0.2) is 9.59 Å². The molecule has 26 heteroatoms. The molecule has 31 atom stereocenters. The molecule has 0 unspecified atom stereocenters. The Labute approximate surface area is 500 Å². The second-order valence-electron chi connectivity index (χ2n) is 28.2. The summed E-state index contributed by atoms with van der Waals surface area (Å²) in [4.78, 5) is 26.6. The summed E-state index contributed by atoms with van der Waals surface area (Å²) in [6.45, 7) is 15.5. The van der Waals surface area contributed by atoms with Crippen LogP contribution in [0.1, 0.15) is 120 Å². The molecule has 0 amide bonds. The first-order valence-corrected chi connectivity index (χ1v) is 30.6. The summed E-state index contributed by atoms with van der Waals surface area (Å²) in [5.74, 6) is -3.09. The Balaban J connectivity index is 1.05. The van der Waals surface area contributed by atoms with E-state index in [0.717, 1.165) is 12.0 Å². The number of rotatable bonds is 16. The van der Waals surface area contributed by atoms with E-state index < -0.39 is 217 Å². The van der Waals surface area contributed by atoms with Crippen molar-refractivity contribution in [3.05, 3.63) is 23.8 Å². The molecule has 0 bridgehead atoms. The van der Waals surface area contributed by atoms with Crippen molar-refractivity contribution in [3.63, 3.8) is 0 Å². The Hall–Kier alpha value is -2.46. The smallest absolute Gasteiger partial charge is 0.335 e. The van der Waals surface area contributed by atoms with E-state index in [0.29, 0.717) is 44.9 Å². The molecule has 0 radical (unpaired) electrons. The average Bonchev–Trinajstić information content (AvgIpc) is 0.674. The second-order valence-corrected chi connectivity index (χ2v) is 28.2. The van der Waals surface area contributed by atoms with Crippen molar-refractivity contribution in [1.29, 1.82) is 0 Å². The van der Waals surface area contributed by atoms with Gasteiger partial charge in [0, 0.05) is 11.5 Å². The van der Waals surface area contributed by atoms with Crippen molar-refractivity contribution < 1.29 is 129 Å². The lowest BCUT2D eigenvalue weighted by atomic mass is 9.32. The Morgan fingerprint density at radius 2 is 1.20 bits per heavy atom. The number of aliphatic carboxylic acids is 1. The monoisotopic (exact) mass is 1230 g/mol. The van der Waals surface area contributed by atoms with Crippen molar-refractivity contribution in [2.24, 2.45) is 50.2 Å². The van der Waals surface area contributed by atoms with Gasteiger partial charge in [0.2, 0.25) is 0 Å². The lowest BCUT2D eigenvalue weighted by molar-refractivity contribution is -0.406. The molecule has 492 valence electrons. The van der Waals surface area contributed by atoms with Gasteiger partial charge in [0.1, 0.15) is 91.6 Å². The SMILES string of the molecule is CCCC=CC(=O)O[C@H]1CC(C)(C)C[C@H]2C3=CC[C@@H]4[C@@]5(C)CC[C@H](O[C@@H]6O[C@H](C(=O)O)[C@@H](O)[C@H](O[C@@H]7O[C@H](CO)[C@H](O)[C@H](O)[C@H]7O[C@@H]7O[C@@H](C)[C@H](O)[C@@H](O)[C@H]7O)[C@H]6O[C@@H]6O[C@H](CO)[C@@H](O)[C@H](O)[C@H]6O)C(C)(C)[C@@H]5CC[C@@]4(C)[C@]3(C)[C@@H](O)[C@@H](O)[C@@]12CO. The van der Waals surface area contributed by atoms with E-state index in [1.54, 1.807) is 6.08 Å². The number of hydrogen-bond donors (Lipinski definition) is 15. The number of unbranched alkanes of at least 4 members (excludes halogenated alkanes) is 1. The van der Waals surface area contributed by atoms with Gasteiger partial charge in [-0.15, -0.1) is 0 Å². The van der Waals surface area contributed by atoms with Gasteiger partial charge in [-0.2, -0.15) is 0 Å². The average molecular weight is 1230 g/mol. The Kier molecular flexibility index (Phi) is 19.9. The summed E-state index contributed by atoms with van der Waals surface area (Å²) >= 11 is 0. The van der Waals surface area contributed by atoms with E-state index in [1.807, 2.05) is 27.7 Å². The first-order chi connectivity index (χ1) is 40.2. The van der Waals surface area contributed by atoms with E-state index >= 15 is 0 Å². The fraction of sp³-hybridized carbons (Fsp3) is 0.900. The van der Waals surface area contributed by atoms with Crippen LogP contribution in [-0.4, -0.2) is 256 Å². The molecule has 0 spiro atoms. The molecule has 9 aliphatic rings. The van der Waals surface area contributed by atoms with Crippen LogP contribution in [-0.2, 0) is 52.2 Å². The van der Waals surface area contributed by atoms with E-state index in [2.05, 4.69) is 33.8 Å². The summed E-state index contributed by atoms with van der Waals surface area (Å²) in [7, 11) is 0. The molecule has 0 aromatic heterocycles. The van der Waals surface area contributed by atoms with Crippen molar-refractivity contribution in [1.82, 2.24) is 0 Å². The first-order valence-electron chi connectivity index (χ1n) is 30.6. The minimum atomic E-state index is -2.29. The largest absolute Gasteiger partial charge is 0.479 e. The summed E-state index contributed by atoms with van der Waals surface area (Å²) in [6.07, 6.45) is -32.6. The summed E-state index contributed by atoms with van der Waals surface area (Å²) in [5, 5.41) is 168. The van der Waals surface area contributed by atoms with E-state index in [1.165, 1.54) is 13.0 Å². The molecular formula is C60H96O26. The molecule has 0 aromatic rings. The number of carbonyl (C=O) groups is 2. The summed E-state index contributed by atoms with van der Waals surface area (Å²) in [5.41, 5.74) is -3.95. The standard InChI is InChI=1S/C60H96O26/c1-10-11-12-13-34(64)81-33-21-55(3,4)20-27-26-14-15-31-57(7)18-17-32(56(5,6)30(57)16-19-58(31,8)59(26,9)48(74)49(75)60(27,33)24-63)82-54-47(86-52-42(72)39(69)36(66)28(22-61)79-52)44(43(73)45(84-54)50(76)77)83-53-46(40(70)37(67)29(23-62)80-53)85-51-41(71)38(68)35(65)25(2)78-51/h12-14,25,27-33,35-49,51-54,61-63,65-75H,10-11,15-24H2,1-9H3,(H,76,77)/t25-,27-,28+,29+,30-,31+,32-,33-,35-,36+,37-,38+,39-,40-,41+,42+,43-,44-,45-,46+,47+,48-,49+,51-,52-,53-,54+,57-,58+,59-,60+/m0/s1. The first kappa shape index (κ1) is 67.9. The lowest BCUT2D eigenvalue weighted by Gasteiger charge is -2.73. The predicted octanol–water partition coefficient (Wildman–Crippen LogP) is -1.62. The highest BCUT2D eigenvalue weighted by Gasteiger charge is 2.75. The zero-order chi connectivity index (χ0) is 63.3. The van der Waals surface area contributed by atoms with Crippen molar-refractivity contribution >= 4 is 11.9 Å².